The van der Waals surface area contributed by atoms with Crippen LogP contribution in [0.1, 0.15) is 37.3 Å². The third-order valence-corrected chi connectivity index (χ3v) is 4.88. The van der Waals surface area contributed by atoms with Gasteiger partial charge in [-0.05, 0) is 37.4 Å². The molecule has 1 fully saturated rings. The molecule has 0 bridgehead atoms. The first-order valence-electron chi connectivity index (χ1n) is 8.98. The van der Waals surface area contributed by atoms with Crippen LogP contribution in [0.5, 0.6) is 11.5 Å². The van der Waals surface area contributed by atoms with E-state index < -0.39 is 0 Å². The minimum atomic E-state index is -0.0915. The highest BCUT2D eigenvalue weighted by atomic mass is 16.5. The van der Waals surface area contributed by atoms with Crippen molar-refractivity contribution in [2.24, 2.45) is 0 Å². The average Bonchev–Trinajstić information content (AvgIpc) is 3.13. The van der Waals surface area contributed by atoms with Crippen LogP contribution in [-0.4, -0.2) is 77.5 Å². The maximum Gasteiger partial charge on any atom is 0.173 e. The molecule has 1 unspecified atom stereocenters. The first-order valence-corrected chi connectivity index (χ1v) is 8.98. The van der Waals surface area contributed by atoms with Crippen LogP contribution in [0.3, 0.4) is 0 Å². The number of piperazine rings is 1. The molecule has 26 heavy (non-hydrogen) atoms. The Balaban J connectivity index is 2.11. The first-order chi connectivity index (χ1) is 12.6. The van der Waals surface area contributed by atoms with Crippen molar-refractivity contribution in [1.29, 1.82) is 0 Å². The molecular weight excluding hydrogens is 332 g/mol. The molecule has 0 saturated carbocycles. The van der Waals surface area contributed by atoms with E-state index >= 15 is 0 Å². The summed E-state index contributed by atoms with van der Waals surface area (Å²) in [7, 11) is 5.48. The summed E-state index contributed by atoms with van der Waals surface area (Å²) in [5.41, 5.74) is 1.02. The minimum absolute atomic E-state index is 0.0915. The molecule has 0 N–H and O–H groups in total. The molecule has 0 aliphatic carbocycles. The molecule has 1 aromatic carbocycles. The quantitative estimate of drug-likeness (QED) is 0.775. The Morgan fingerprint density at radius 1 is 1.04 bits per heavy atom. The van der Waals surface area contributed by atoms with Crippen molar-refractivity contribution in [3.8, 4) is 11.5 Å². The zero-order valence-electron chi connectivity index (χ0n) is 16.2. The summed E-state index contributed by atoms with van der Waals surface area (Å²) < 4.78 is 13.1. The van der Waals surface area contributed by atoms with Crippen LogP contribution >= 0.6 is 0 Å². The third kappa shape index (κ3) is 3.52. The fourth-order valence-electron chi connectivity index (χ4n) is 3.45. The average molecular weight is 360 g/mol. The number of para-hydroxylation sites is 1. The molecule has 0 amide bonds. The highest BCUT2D eigenvalue weighted by Gasteiger charge is 2.33. The summed E-state index contributed by atoms with van der Waals surface area (Å²) >= 11 is 0. The number of likely N-dealkylation sites (N-methyl/N-ethyl adjacent to an activating group) is 1. The molecule has 1 atom stereocenters. The van der Waals surface area contributed by atoms with Crippen LogP contribution < -0.4 is 9.47 Å². The number of hydrogen-bond donors (Lipinski definition) is 0. The second-order valence-corrected chi connectivity index (χ2v) is 6.90. The maximum absolute atomic E-state index is 5.72. The van der Waals surface area contributed by atoms with Gasteiger partial charge in [0.1, 0.15) is 6.04 Å². The monoisotopic (exact) mass is 360 g/mol. The molecule has 2 aromatic rings. The highest BCUT2D eigenvalue weighted by molar-refractivity contribution is 5.49. The molecule has 0 spiro atoms. The number of hydrogen-bond acceptors (Lipinski definition) is 7. The summed E-state index contributed by atoms with van der Waals surface area (Å²) in [5.74, 6) is 2.28. The fraction of sp³-hybridized carbons (Fsp3) is 0.611. The van der Waals surface area contributed by atoms with E-state index in [1.807, 2.05) is 16.8 Å². The van der Waals surface area contributed by atoms with Crippen molar-refractivity contribution in [1.82, 2.24) is 30.0 Å². The zero-order valence-corrected chi connectivity index (χ0v) is 16.2. The van der Waals surface area contributed by atoms with Crippen LogP contribution in [0.25, 0.3) is 0 Å². The van der Waals surface area contributed by atoms with Crippen LogP contribution in [0.15, 0.2) is 18.2 Å². The van der Waals surface area contributed by atoms with E-state index in [9.17, 15) is 0 Å². The molecule has 1 aromatic heterocycles. The van der Waals surface area contributed by atoms with Crippen LogP contribution in [-0.2, 0) is 0 Å². The predicted octanol–water partition coefficient (Wildman–Crippen LogP) is 1.61. The smallest absolute Gasteiger partial charge is 0.173 e. The van der Waals surface area contributed by atoms with Crippen LogP contribution in [0, 0.1) is 0 Å². The van der Waals surface area contributed by atoms with Gasteiger partial charge in [0.25, 0.3) is 0 Å². The largest absolute Gasteiger partial charge is 0.493 e. The van der Waals surface area contributed by atoms with Gasteiger partial charge in [0.05, 0.1) is 20.3 Å². The van der Waals surface area contributed by atoms with Gasteiger partial charge in [0.15, 0.2) is 17.3 Å². The van der Waals surface area contributed by atoms with Crippen LogP contribution in [0.2, 0.25) is 0 Å². The molecule has 142 valence electrons. The Bertz CT molecular complexity index is 724. The Kier molecular flexibility index (Phi) is 5.73. The van der Waals surface area contributed by atoms with Crippen molar-refractivity contribution in [2.45, 2.75) is 25.9 Å². The molecule has 8 nitrogen and oxygen atoms in total. The Hall–Kier alpha value is -2.19. The summed E-state index contributed by atoms with van der Waals surface area (Å²) in [6.07, 6.45) is 0. The summed E-state index contributed by atoms with van der Waals surface area (Å²) in [4.78, 5) is 4.75. The Morgan fingerprint density at radius 3 is 2.38 bits per heavy atom. The minimum Gasteiger partial charge on any atom is -0.493 e. The summed E-state index contributed by atoms with van der Waals surface area (Å²) in [6, 6.07) is 6.06. The van der Waals surface area contributed by atoms with E-state index in [4.69, 9.17) is 9.47 Å². The van der Waals surface area contributed by atoms with E-state index in [0.717, 1.165) is 43.3 Å². The van der Waals surface area contributed by atoms with Gasteiger partial charge in [-0.25, -0.2) is 4.68 Å². The van der Waals surface area contributed by atoms with Crippen molar-refractivity contribution in [2.75, 3.05) is 47.4 Å². The SMILES string of the molecule is COc1cccc(C(c2nnnn2C(C)C)N2CCN(C)CC2)c1OC. The summed E-state index contributed by atoms with van der Waals surface area (Å²) in [5, 5.41) is 12.6. The van der Waals surface area contributed by atoms with Gasteiger partial charge < -0.3 is 14.4 Å². The van der Waals surface area contributed by atoms with Gasteiger partial charge in [-0.1, -0.05) is 12.1 Å². The highest BCUT2D eigenvalue weighted by Crippen LogP contribution is 2.40. The molecule has 1 saturated heterocycles. The third-order valence-electron chi connectivity index (χ3n) is 4.88. The van der Waals surface area contributed by atoms with Gasteiger partial charge in [-0.15, -0.1) is 5.10 Å². The van der Waals surface area contributed by atoms with Crippen molar-refractivity contribution in [3.63, 3.8) is 0 Å². The number of aromatic nitrogens is 4. The lowest BCUT2D eigenvalue weighted by atomic mass is 10.0. The van der Waals surface area contributed by atoms with E-state index in [1.54, 1.807) is 14.2 Å². The molecule has 0 radical (unpaired) electrons. The number of tetrazole rings is 1. The van der Waals surface area contributed by atoms with E-state index in [0.29, 0.717) is 5.75 Å². The van der Waals surface area contributed by atoms with Gasteiger partial charge >= 0.3 is 0 Å². The fourth-order valence-corrected chi connectivity index (χ4v) is 3.45. The van der Waals surface area contributed by atoms with E-state index in [1.165, 1.54) is 0 Å². The molecule has 1 aliphatic rings. The standard InChI is InChI=1S/C18H28N6O2/c1-13(2)24-18(19-20-21-24)16(23-11-9-22(3)10-12-23)14-7-6-8-15(25-4)17(14)26-5/h6-8,13,16H,9-12H2,1-5H3. The molecule has 3 rings (SSSR count). The molecule has 2 heterocycles. The van der Waals surface area contributed by atoms with E-state index in [2.05, 4.69) is 52.3 Å². The normalized spacial score (nSPS) is 17.5. The van der Waals surface area contributed by atoms with Gasteiger partial charge in [0, 0.05) is 31.7 Å². The Morgan fingerprint density at radius 2 is 1.77 bits per heavy atom. The molecule has 8 heteroatoms. The van der Waals surface area contributed by atoms with Crippen molar-refractivity contribution < 1.29 is 9.47 Å². The zero-order chi connectivity index (χ0) is 18.7. The predicted molar refractivity (Wildman–Crippen MR) is 98.7 cm³/mol. The second-order valence-electron chi connectivity index (χ2n) is 6.90. The lowest BCUT2D eigenvalue weighted by molar-refractivity contribution is 0.119. The number of benzene rings is 1. The Labute approximate surface area is 154 Å². The lowest BCUT2D eigenvalue weighted by Crippen LogP contribution is -2.46. The van der Waals surface area contributed by atoms with Gasteiger partial charge in [-0.3, -0.25) is 4.90 Å². The number of nitrogens with zero attached hydrogens (tertiary/aromatic N) is 6. The van der Waals surface area contributed by atoms with Crippen molar-refractivity contribution in [3.05, 3.63) is 29.6 Å². The molecule has 1 aliphatic heterocycles. The summed E-state index contributed by atoms with van der Waals surface area (Å²) in [6.45, 7) is 8.06. The molecular formula is C18H28N6O2. The van der Waals surface area contributed by atoms with Crippen molar-refractivity contribution >= 4 is 0 Å². The lowest BCUT2D eigenvalue weighted by Gasteiger charge is -2.38. The van der Waals surface area contributed by atoms with Gasteiger partial charge in [-0.2, -0.15) is 0 Å². The number of rotatable bonds is 6. The first kappa shape index (κ1) is 18.6. The number of ether oxygens (including phenoxy) is 2. The number of methoxy groups -OCH3 is 2. The van der Waals surface area contributed by atoms with Crippen LogP contribution in [0.4, 0.5) is 0 Å². The second kappa shape index (κ2) is 8.01. The van der Waals surface area contributed by atoms with Gasteiger partial charge in [0.2, 0.25) is 0 Å². The maximum atomic E-state index is 5.72. The topological polar surface area (TPSA) is 68.5 Å². The van der Waals surface area contributed by atoms with E-state index in [-0.39, 0.29) is 12.1 Å².